The van der Waals surface area contributed by atoms with Crippen LogP contribution in [0.15, 0.2) is 34.7 Å². The van der Waals surface area contributed by atoms with Crippen LogP contribution in [0, 0.1) is 13.8 Å². The Morgan fingerprint density at radius 1 is 1.19 bits per heavy atom. The topological polar surface area (TPSA) is 60.7 Å². The smallest absolute Gasteiger partial charge is 0.287 e. The second-order valence-corrected chi connectivity index (χ2v) is 7.05. The summed E-state index contributed by atoms with van der Waals surface area (Å²) in [6.45, 7) is 5.33. The average molecular weight is 386 g/mol. The highest BCUT2D eigenvalue weighted by Crippen LogP contribution is 2.38. The lowest BCUT2D eigenvalue weighted by atomic mass is 10.1. The fraction of sp³-hybridized carbons (Fsp3) is 0.286. The molecular formula is C21H20ClNO4. The maximum atomic E-state index is 12.7. The first-order chi connectivity index (χ1) is 13.0. The molecule has 0 saturated heterocycles. The fourth-order valence-corrected chi connectivity index (χ4v) is 3.54. The highest BCUT2D eigenvalue weighted by atomic mass is 35.5. The molecule has 0 fully saturated rings. The lowest BCUT2D eigenvalue weighted by Crippen LogP contribution is -2.23. The molecular weight excluding hydrogens is 366 g/mol. The van der Waals surface area contributed by atoms with E-state index in [1.165, 1.54) is 0 Å². The van der Waals surface area contributed by atoms with Crippen molar-refractivity contribution in [3.8, 4) is 11.5 Å². The van der Waals surface area contributed by atoms with Crippen molar-refractivity contribution in [2.45, 2.75) is 26.8 Å². The number of fused-ring (bicyclic) bond motifs is 2. The van der Waals surface area contributed by atoms with Gasteiger partial charge in [0.25, 0.3) is 5.91 Å². The minimum atomic E-state index is -0.258. The van der Waals surface area contributed by atoms with Crippen molar-refractivity contribution in [1.29, 1.82) is 0 Å². The van der Waals surface area contributed by atoms with E-state index in [-0.39, 0.29) is 5.91 Å². The Morgan fingerprint density at radius 2 is 2.00 bits per heavy atom. The van der Waals surface area contributed by atoms with Crippen LogP contribution in [0.3, 0.4) is 0 Å². The summed E-state index contributed by atoms with van der Waals surface area (Å²) in [5, 5.41) is 4.34. The molecule has 140 valence electrons. The molecule has 1 N–H and O–H groups in total. The molecule has 2 aromatic carbocycles. The third-order valence-electron chi connectivity index (χ3n) is 4.68. The van der Waals surface area contributed by atoms with Gasteiger partial charge in [-0.25, -0.2) is 0 Å². The maximum absolute atomic E-state index is 12.7. The summed E-state index contributed by atoms with van der Waals surface area (Å²) in [5.41, 5.74) is 3.42. The quantitative estimate of drug-likeness (QED) is 0.703. The van der Waals surface area contributed by atoms with Crippen LogP contribution in [0.25, 0.3) is 11.0 Å². The molecule has 27 heavy (non-hydrogen) atoms. The third kappa shape index (κ3) is 3.35. The minimum Gasteiger partial charge on any atom is -0.489 e. The molecule has 0 radical (unpaired) electrons. The predicted molar refractivity (Wildman–Crippen MR) is 104 cm³/mol. The van der Waals surface area contributed by atoms with Crippen molar-refractivity contribution < 1.29 is 18.7 Å². The lowest BCUT2D eigenvalue weighted by molar-refractivity contribution is 0.0924. The van der Waals surface area contributed by atoms with Crippen LogP contribution in [-0.2, 0) is 6.54 Å². The van der Waals surface area contributed by atoms with E-state index in [1.54, 1.807) is 6.07 Å². The molecule has 2 heterocycles. The number of benzene rings is 2. The summed E-state index contributed by atoms with van der Waals surface area (Å²) in [6.07, 6.45) is 0.807. The zero-order chi connectivity index (χ0) is 19.0. The number of hydrogen-bond donors (Lipinski definition) is 1. The molecule has 3 aromatic rings. The number of carbonyl (C=O) groups excluding carboxylic acids is 1. The molecule has 1 aromatic heterocycles. The summed E-state index contributed by atoms with van der Waals surface area (Å²) in [4.78, 5) is 12.7. The monoisotopic (exact) mass is 385 g/mol. The van der Waals surface area contributed by atoms with E-state index in [0.29, 0.717) is 42.0 Å². The Balaban J connectivity index is 1.55. The van der Waals surface area contributed by atoms with Crippen LogP contribution in [0.2, 0.25) is 5.02 Å². The first-order valence-corrected chi connectivity index (χ1v) is 9.27. The van der Waals surface area contributed by atoms with E-state index in [1.807, 2.05) is 38.1 Å². The number of amides is 1. The normalized spacial score (nSPS) is 13.4. The molecule has 5 nitrogen and oxygen atoms in total. The molecule has 0 saturated carbocycles. The zero-order valence-corrected chi connectivity index (χ0v) is 16.0. The van der Waals surface area contributed by atoms with Crippen LogP contribution >= 0.6 is 11.6 Å². The van der Waals surface area contributed by atoms with Crippen molar-refractivity contribution in [2.24, 2.45) is 0 Å². The Bertz CT molecular complexity index is 1020. The number of halogens is 1. The standard InChI is InChI=1S/C21H20ClNO4/c1-12-5-3-6-15-13(2)19(27-18(12)15)21(24)23-11-14-9-16(22)20-17(10-14)25-7-4-8-26-20/h3,5-6,9-10H,4,7-8,11H2,1-2H3,(H,23,24). The van der Waals surface area contributed by atoms with Crippen molar-refractivity contribution in [3.63, 3.8) is 0 Å². The zero-order valence-electron chi connectivity index (χ0n) is 15.2. The fourth-order valence-electron chi connectivity index (χ4n) is 3.25. The SMILES string of the molecule is Cc1c(C(=O)NCc2cc(Cl)c3c(c2)OCCCO3)oc2c(C)cccc12. The van der Waals surface area contributed by atoms with Crippen LogP contribution in [0.4, 0.5) is 0 Å². The second-order valence-electron chi connectivity index (χ2n) is 6.65. The summed E-state index contributed by atoms with van der Waals surface area (Å²) in [6, 6.07) is 9.52. The first kappa shape index (κ1) is 17.7. The predicted octanol–water partition coefficient (Wildman–Crippen LogP) is 4.79. The first-order valence-electron chi connectivity index (χ1n) is 8.89. The number of furan rings is 1. The van der Waals surface area contributed by atoms with Gasteiger partial charge < -0.3 is 19.2 Å². The van der Waals surface area contributed by atoms with Gasteiger partial charge in [0.05, 0.1) is 18.2 Å². The molecule has 1 aliphatic rings. The van der Waals surface area contributed by atoms with Crippen molar-refractivity contribution in [1.82, 2.24) is 5.32 Å². The lowest BCUT2D eigenvalue weighted by Gasteiger charge is -2.12. The minimum absolute atomic E-state index is 0.258. The Hall–Kier alpha value is -2.66. The molecule has 0 bridgehead atoms. The van der Waals surface area contributed by atoms with Gasteiger partial charge in [-0.3, -0.25) is 4.79 Å². The number of aryl methyl sites for hydroxylation is 2. The number of hydrogen-bond acceptors (Lipinski definition) is 4. The molecule has 0 atom stereocenters. The largest absolute Gasteiger partial charge is 0.489 e. The molecule has 1 amide bonds. The summed E-state index contributed by atoms with van der Waals surface area (Å²) >= 11 is 6.31. The number of para-hydroxylation sites is 1. The Labute approximate surface area is 162 Å². The van der Waals surface area contributed by atoms with Gasteiger partial charge >= 0.3 is 0 Å². The van der Waals surface area contributed by atoms with Crippen LogP contribution in [0.1, 0.15) is 33.7 Å². The van der Waals surface area contributed by atoms with E-state index in [0.717, 1.165) is 34.1 Å². The molecule has 1 aliphatic heterocycles. The van der Waals surface area contributed by atoms with Gasteiger partial charge in [-0.2, -0.15) is 0 Å². The van der Waals surface area contributed by atoms with E-state index in [4.69, 9.17) is 25.5 Å². The van der Waals surface area contributed by atoms with Crippen molar-refractivity contribution >= 4 is 28.5 Å². The van der Waals surface area contributed by atoms with Gasteiger partial charge in [0, 0.05) is 23.9 Å². The van der Waals surface area contributed by atoms with Crippen molar-refractivity contribution in [2.75, 3.05) is 13.2 Å². The van der Waals surface area contributed by atoms with E-state index in [9.17, 15) is 4.79 Å². The van der Waals surface area contributed by atoms with Crippen LogP contribution in [0.5, 0.6) is 11.5 Å². The van der Waals surface area contributed by atoms with Gasteiger partial charge in [0.2, 0.25) is 0 Å². The van der Waals surface area contributed by atoms with Crippen LogP contribution in [-0.4, -0.2) is 19.1 Å². The van der Waals surface area contributed by atoms with Gasteiger partial charge in [-0.05, 0) is 37.1 Å². The van der Waals surface area contributed by atoms with Crippen molar-refractivity contribution in [3.05, 3.63) is 57.8 Å². The Kier molecular flexibility index (Phi) is 4.70. The van der Waals surface area contributed by atoms with Crippen LogP contribution < -0.4 is 14.8 Å². The third-order valence-corrected chi connectivity index (χ3v) is 4.96. The van der Waals surface area contributed by atoms with Gasteiger partial charge in [-0.1, -0.05) is 29.8 Å². The second kappa shape index (κ2) is 7.16. The van der Waals surface area contributed by atoms with Gasteiger partial charge in [0.15, 0.2) is 17.3 Å². The number of carbonyl (C=O) groups is 1. The average Bonchev–Trinajstić information content (AvgIpc) is 2.83. The summed E-state index contributed by atoms with van der Waals surface area (Å²) < 4.78 is 17.2. The summed E-state index contributed by atoms with van der Waals surface area (Å²) in [7, 11) is 0. The maximum Gasteiger partial charge on any atom is 0.287 e. The molecule has 4 rings (SSSR count). The molecule has 6 heteroatoms. The van der Waals surface area contributed by atoms with E-state index in [2.05, 4.69) is 5.32 Å². The molecule has 0 spiro atoms. The molecule has 0 unspecified atom stereocenters. The van der Waals surface area contributed by atoms with E-state index >= 15 is 0 Å². The number of ether oxygens (including phenoxy) is 2. The number of nitrogens with one attached hydrogen (secondary N) is 1. The highest BCUT2D eigenvalue weighted by molar-refractivity contribution is 6.32. The highest BCUT2D eigenvalue weighted by Gasteiger charge is 2.19. The number of rotatable bonds is 3. The van der Waals surface area contributed by atoms with E-state index < -0.39 is 0 Å². The summed E-state index contributed by atoms with van der Waals surface area (Å²) in [5.74, 6) is 1.25. The van der Waals surface area contributed by atoms with Gasteiger partial charge in [-0.15, -0.1) is 0 Å². The Morgan fingerprint density at radius 3 is 2.81 bits per heavy atom. The molecule has 0 aliphatic carbocycles. The van der Waals surface area contributed by atoms with Gasteiger partial charge in [0.1, 0.15) is 5.58 Å².